The molecule has 0 radical (unpaired) electrons. The van der Waals surface area contributed by atoms with Crippen molar-refractivity contribution in [1.82, 2.24) is 5.32 Å². The number of hydrogen-bond donors (Lipinski definition) is 2. The van der Waals surface area contributed by atoms with Crippen LogP contribution in [0.1, 0.15) is 18.9 Å². The summed E-state index contributed by atoms with van der Waals surface area (Å²) in [7, 11) is 0. The predicted molar refractivity (Wildman–Crippen MR) is 61.4 cm³/mol. The van der Waals surface area contributed by atoms with Gasteiger partial charge in [-0.2, -0.15) is 0 Å². The Morgan fingerprint density at radius 3 is 2.94 bits per heavy atom. The minimum Gasteiger partial charge on any atom is -0.354 e. The molecule has 1 aromatic carbocycles. The summed E-state index contributed by atoms with van der Waals surface area (Å²) in [5.74, 6) is -0.454. The van der Waals surface area contributed by atoms with Crippen LogP contribution in [0.15, 0.2) is 24.3 Å². The Bertz CT molecular complexity index is 355. The van der Waals surface area contributed by atoms with Crippen LogP contribution in [-0.4, -0.2) is 18.5 Å². The summed E-state index contributed by atoms with van der Waals surface area (Å²) in [5.41, 5.74) is 6.33. The zero-order valence-corrected chi connectivity index (χ0v) is 9.37. The van der Waals surface area contributed by atoms with Crippen molar-refractivity contribution in [3.63, 3.8) is 0 Å². The van der Waals surface area contributed by atoms with Gasteiger partial charge in [-0.15, -0.1) is 0 Å². The molecule has 1 unspecified atom stereocenters. The quantitative estimate of drug-likeness (QED) is 0.790. The summed E-state index contributed by atoms with van der Waals surface area (Å²) in [5, 5.41) is 2.71. The Morgan fingerprint density at radius 1 is 1.56 bits per heavy atom. The summed E-state index contributed by atoms with van der Waals surface area (Å²) in [4.78, 5) is 11.5. The van der Waals surface area contributed by atoms with Crippen LogP contribution in [0.25, 0.3) is 0 Å². The third kappa shape index (κ3) is 4.40. The highest BCUT2D eigenvalue weighted by molar-refractivity contribution is 5.78. The topological polar surface area (TPSA) is 55.1 Å². The zero-order chi connectivity index (χ0) is 12.0. The molecule has 0 aromatic heterocycles. The van der Waals surface area contributed by atoms with Gasteiger partial charge in [-0.25, -0.2) is 4.39 Å². The van der Waals surface area contributed by atoms with Crippen LogP contribution in [0, 0.1) is 5.82 Å². The average molecular weight is 224 g/mol. The molecule has 0 aliphatic rings. The SMILES string of the molecule is CCC(N)CNC(=O)Cc1cccc(F)c1. The van der Waals surface area contributed by atoms with Gasteiger partial charge in [-0.1, -0.05) is 19.1 Å². The fourth-order valence-electron chi connectivity index (χ4n) is 1.28. The van der Waals surface area contributed by atoms with E-state index in [0.717, 1.165) is 6.42 Å². The second-order valence-corrected chi connectivity index (χ2v) is 3.78. The maximum atomic E-state index is 12.8. The monoisotopic (exact) mass is 224 g/mol. The molecule has 0 bridgehead atoms. The van der Waals surface area contributed by atoms with Gasteiger partial charge in [0.05, 0.1) is 6.42 Å². The van der Waals surface area contributed by atoms with Crippen LogP contribution >= 0.6 is 0 Å². The van der Waals surface area contributed by atoms with E-state index in [1.807, 2.05) is 6.92 Å². The lowest BCUT2D eigenvalue weighted by molar-refractivity contribution is -0.120. The van der Waals surface area contributed by atoms with Crippen molar-refractivity contribution in [2.75, 3.05) is 6.54 Å². The number of amides is 1. The number of halogens is 1. The summed E-state index contributed by atoms with van der Waals surface area (Å²) in [6, 6.07) is 6.02. The molecule has 0 saturated heterocycles. The van der Waals surface area contributed by atoms with Gasteiger partial charge in [-0.05, 0) is 24.1 Å². The van der Waals surface area contributed by atoms with E-state index in [9.17, 15) is 9.18 Å². The molecule has 4 heteroatoms. The molecule has 0 saturated carbocycles. The van der Waals surface area contributed by atoms with E-state index >= 15 is 0 Å². The van der Waals surface area contributed by atoms with Crippen LogP contribution in [-0.2, 0) is 11.2 Å². The first-order valence-corrected chi connectivity index (χ1v) is 5.38. The lowest BCUT2D eigenvalue weighted by atomic mass is 10.1. The summed E-state index contributed by atoms with van der Waals surface area (Å²) in [6.45, 7) is 2.42. The summed E-state index contributed by atoms with van der Waals surface area (Å²) >= 11 is 0. The standard InChI is InChI=1S/C12H17FN2O/c1-2-11(14)8-15-12(16)7-9-4-3-5-10(13)6-9/h3-6,11H,2,7-8,14H2,1H3,(H,15,16). The van der Waals surface area contributed by atoms with Crippen molar-refractivity contribution in [3.05, 3.63) is 35.6 Å². The van der Waals surface area contributed by atoms with Gasteiger partial charge in [0.2, 0.25) is 5.91 Å². The zero-order valence-electron chi connectivity index (χ0n) is 9.37. The average Bonchev–Trinajstić information content (AvgIpc) is 2.26. The Balaban J connectivity index is 2.40. The molecule has 1 amide bonds. The van der Waals surface area contributed by atoms with Gasteiger partial charge in [-0.3, -0.25) is 4.79 Å². The number of rotatable bonds is 5. The van der Waals surface area contributed by atoms with E-state index in [1.165, 1.54) is 12.1 Å². The lowest BCUT2D eigenvalue weighted by Gasteiger charge is -2.10. The number of nitrogens with one attached hydrogen (secondary N) is 1. The molecule has 0 fully saturated rings. The molecule has 0 aliphatic heterocycles. The van der Waals surface area contributed by atoms with E-state index in [-0.39, 0.29) is 24.2 Å². The van der Waals surface area contributed by atoms with Crippen molar-refractivity contribution in [2.24, 2.45) is 5.73 Å². The third-order valence-corrected chi connectivity index (χ3v) is 2.34. The Morgan fingerprint density at radius 2 is 2.31 bits per heavy atom. The van der Waals surface area contributed by atoms with Gasteiger partial charge in [0, 0.05) is 12.6 Å². The molecule has 0 spiro atoms. The molecule has 0 aliphatic carbocycles. The van der Waals surface area contributed by atoms with Gasteiger partial charge < -0.3 is 11.1 Å². The largest absolute Gasteiger partial charge is 0.354 e. The molecule has 16 heavy (non-hydrogen) atoms. The Kier molecular flexibility index (Phi) is 4.92. The van der Waals surface area contributed by atoms with Crippen LogP contribution in [0.2, 0.25) is 0 Å². The molecule has 1 rings (SSSR count). The first kappa shape index (κ1) is 12.6. The number of carbonyl (C=O) groups is 1. The van der Waals surface area contributed by atoms with Gasteiger partial charge in [0.25, 0.3) is 0 Å². The van der Waals surface area contributed by atoms with Crippen molar-refractivity contribution in [3.8, 4) is 0 Å². The van der Waals surface area contributed by atoms with Gasteiger partial charge >= 0.3 is 0 Å². The minimum absolute atomic E-state index is 0.0172. The van der Waals surface area contributed by atoms with Crippen molar-refractivity contribution < 1.29 is 9.18 Å². The molecular weight excluding hydrogens is 207 g/mol. The first-order valence-electron chi connectivity index (χ1n) is 5.38. The maximum Gasteiger partial charge on any atom is 0.224 e. The summed E-state index contributed by atoms with van der Waals surface area (Å²) in [6.07, 6.45) is 1.01. The second kappa shape index (κ2) is 6.23. The maximum absolute atomic E-state index is 12.8. The van der Waals surface area contributed by atoms with Crippen molar-refractivity contribution in [1.29, 1.82) is 0 Å². The lowest BCUT2D eigenvalue weighted by Crippen LogP contribution is -2.37. The molecule has 3 N–H and O–H groups in total. The van der Waals surface area contributed by atoms with Gasteiger partial charge in [0.1, 0.15) is 5.82 Å². The van der Waals surface area contributed by atoms with Crippen LogP contribution < -0.4 is 11.1 Å². The van der Waals surface area contributed by atoms with E-state index in [1.54, 1.807) is 12.1 Å². The normalized spacial score (nSPS) is 12.2. The highest BCUT2D eigenvalue weighted by atomic mass is 19.1. The van der Waals surface area contributed by atoms with Crippen molar-refractivity contribution in [2.45, 2.75) is 25.8 Å². The number of hydrogen-bond acceptors (Lipinski definition) is 2. The highest BCUT2D eigenvalue weighted by Crippen LogP contribution is 2.03. The van der Waals surface area contributed by atoms with Crippen LogP contribution in [0.4, 0.5) is 4.39 Å². The molecule has 3 nitrogen and oxygen atoms in total. The summed E-state index contributed by atoms with van der Waals surface area (Å²) < 4.78 is 12.8. The molecule has 1 atom stereocenters. The fraction of sp³-hybridized carbons (Fsp3) is 0.417. The second-order valence-electron chi connectivity index (χ2n) is 3.78. The fourth-order valence-corrected chi connectivity index (χ4v) is 1.28. The highest BCUT2D eigenvalue weighted by Gasteiger charge is 2.05. The number of nitrogens with two attached hydrogens (primary N) is 1. The van der Waals surface area contributed by atoms with Gasteiger partial charge in [0.15, 0.2) is 0 Å². The van der Waals surface area contributed by atoms with E-state index in [4.69, 9.17) is 5.73 Å². The minimum atomic E-state index is -0.324. The Hall–Kier alpha value is -1.42. The van der Waals surface area contributed by atoms with E-state index < -0.39 is 0 Å². The first-order chi connectivity index (χ1) is 7.61. The third-order valence-electron chi connectivity index (χ3n) is 2.34. The Labute approximate surface area is 94.8 Å². The van der Waals surface area contributed by atoms with Crippen LogP contribution in [0.3, 0.4) is 0 Å². The molecular formula is C12H17FN2O. The molecule has 1 aromatic rings. The smallest absolute Gasteiger partial charge is 0.224 e. The van der Waals surface area contributed by atoms with E-state index in [2.05, 4.69) is 5.32 Å². The number of benzene rings is 1. The van der Waals surface area contributed by atoms with Crippen LogP contribution in [0.5, 0.6) is 0 Å². The predicted octanol–water partition coefficient (Wildman–Crippen LogP) is 1.22. The molecule has 88 valence electrons. The van der Waals surface area contributed by atoms with Crippen molar-refractivity contribution >= 4 is 5.91 Å². The van der Waals surface area contributed by atoms with E-state index in [0.29, 0.717) is 12.1 Å². The number of carbonyl (C=O) groups excluding carboxylic acids is 1. The molecule has 0 heterocycles.